The van der Waals surface area contributed by atoms with E-state index in [1.54, 1.807) is 18.2 Å². The maximum atomic E-state index is 13.8. The number of aliphatic hydroxyl groups is 1. The fraction of sp³-hybridized carbons (Fsp3) is 0.286. The third-order valence-electron chi connectivity index (χ3n) is 5.44. The smallest absolute Gasteiger partial charge is 0.268 e. The van der Waals surface area contributed by atoms with Crippen molar-refractivity contribution in [1.29, 1.82) is 0 Å². The number of carbonyl (C=O) groups is 3. The number of halogens is 2. The average molecular weight is 415 g/mol. The van der Waals surface area contributed by atoms with E-state index < -0.39 is 29.0 Å². The number of hydrogen-bond donors (Lipinski definition) is 3. The van der Waals surface area contributed by atoms with E-state index in [4.69, 9.17) is 0 Å². The molecule has 156 valence electrons. The second-order valence-electron chi connectivity index (χ2n) is 7.35. The molecule has 30 heavy (non-hydrogen) atoms. The van der Waals surface area contributed by atoms with Gasteiger partial charge in [0.2, 0.25) is 11.5 Å². The highest BCUT2D eigenvalue weighted by atomic mass is 19.2. The number of nitrogens with one attached hydrogen (secondary N) is 2. The van der Waals surface area contributed by atoms with E-state index in [2.05, 4.69) is 10.6 Å². The molecule has 0 aliphatic carbocycles. The van der Waals surface area contributed by atoms with E-state index in [1.807, 2.05) is 0 Å². The van der Waals surface area contributed by atoms with Crippen LogP contribution in [-0.2, 0) is 27.3 Å². The Balaban J connectivity index is 1.48. The minimum atomic E-state index is -2.30. The number of benzene rings is 2. The molecule has 0 saturated carbocycles. The summed E-state index contributed by atoms with van der Waals surface area (Å²) in [5.41, 5.74) is -0.345. The minimum absolute atomic E-state index is 0.0757. The number of aryl methyl sites for hydroxylation is 1. The molecule has 1 saturated heterocycles. The molecule has 9 heteroatoms. The zero-order valence-electron chi connectivity index (χ0n) is 15.9. The van der Waals surface area contributed by atoms with Crippen molar-refractivity contribution in [3.8, 4) is 0 Å². The quantitative estimate of drug-likeness (QED) is 0.661. The van der Waals surface area contributed by atoms with Gasteiger partial charge in [0, 0.05) is 42.9 Å². The van der Waals surface area contributed by atoms with Crippen LogP contribution in [-0.4, -0.2) is 35.0 Å². The third-order valence-corrected chi connectivity index (χ3v) is 5.44. The van der Waals surface area contributed by atoms with Crippen molar-refractivity contribution >= 4 is 29.1 Å². The van der Waals surface area contributed by atoms with Crippen molar-refractivity contribution in [1.82, 2.24) is 5.32 Å². The van der Waals surface area contributed by atoms with Crippen LogP contribution < -0.4 is 15.5 Å². The van der Waals surface area contributed by atoms with E-state index >= 15 is 0 Å². The zero-order valence-corrected chi connectivity index (χ0v) is 15.9. The number of fused-ring (bicyclic) bond motifs is 1. The van der Waals surface area contributed by atoms with Crippen LogP contribution in [0.25, 0.3) is 0 Å². The third kappa shape index (κ3) is 3.41. The lowest BCUT2D eigenvalue weighted by atomic mass is 10.0. The van der Waals surface area contributed by atoms with E-state index in [9.17, 15) is 28.3 Å². The molecule has 0 spiro atoms. The van der Waals surface area contributed by atoms with Gasteiger partial charge in [0.1, 0.15) is 0 Å². The van der Waals surface area contributed by atoms with Gasteiger partial charge in [-0.3, -0.25) is 14.4 Å². The summed E-state index contributed by atoms with van der Waals surface area (Å²) >= 11 is 0. The summed E-state index contributed by atoms with van der Waals surface area (Å²) in [5.74, 6) is -3.98. The standard InChI is InChI=1S/C21H19F2N3O4/c22-15-3-1-2-13(18(15)23)11-24-19(28)21(30)8-9-26(20(21)29)14-5-6-16-12(10-14)4-7-17(27)25-16/h1-3,5-6,10,30H,4,7-9,11H2,(H,24,28)(H,25,27). The fourth-order valence-corrected chi connectivity index (χ4v) is 3.71. The van der Waals surface area contributed by atoms with E-state index in [-0.39, 0.29) is 31.0 Å². The normalized spacial score (nSPS) is 20.7. The Morgan fingerprint density at radius 3 is 2.80 bits per heavy atom. The fourth-order valence-electron chi connectivity index (χ4n) is 3.71. The molecular formula is C21H19F2N3O4. The topological polar surface area (TPSA) is 98.7 Å². The van der Waals surface area contributed by atoms with Gasteiger partial charge in [-0.15, -0.1) is 0 Å². The maximum Gasteiger partial charge on any atom is 0.268 e. The van der Waals surface area contributed by atoms with Crippen molar-refractivity contribution < 1.29 is 28.3 Å². The molecule has 2 aliphatic heterocycles. The van der Waals surface area contributed by atoms with Crippen LogP contribution in [0.3, 0.4) is 0 Å². The SMILES string of the molecule is O=C1CCc2cc(N3CCC(O)(C(=O)NCc4cccc(F)c4F)C3=O)ccc2N1. The van der Waals surface area contributed by atoms with Crippen LogP contribution in [0.2, 0.25) is 0 Å². The van der Waals surface area contributed by atoms with Gasteiger partial charge in [-0.05, 0) is 36.2 Å². The summed E-state index contributed by atoms with van der Waals surface area (Å²) in [6.45, 7) is -0.251. The Bertz CT molecular complexity index is 1060. The van der Waals surface area contributed by atoms with Gasteiger partial charge in [0.25, 0.3) is 11.8 Å². The molecular weight excluding hydrogens is 396 g/mol. The summed E-state index contributed by atoms with van der Waals surface area (Å²) < 4.78 is 27.1. The molecule has 1 fully saturated rings. The van der Waals surface area contributed by atoms with Crippen LogP contribution in [0.4, 0.5) is 20.2 Å². The van der Waals surface area contributed by atoms with Crippen molar-refractivity contribution in [3.05, 3.63) is 59.2 Å². The first-order valence-corrected chi connectivity index (χ1v) is 9.48. The summed E-state index contributed by atoms with van der Waals surface area (Å²) in [6, 6.07) is 8.62. The Kier molecular flexibility index (Phi) is 4.98. The van der Waals surface area contributed by atoms with E-state index in [0.29, 0.717) is 24.2 Å². The molecule has 3 amide bonds. The molecule has 2 aromatic carbocycles. The number of amides is 3. The number of anilines is 2. The van der Waals surface area contributed by atoms with Crippen molar-refractivity contribution in [2.24, 2.45) is 0 Å². The summed E-state index contributed by atoms with van der Waals surface area (Å²) in [6.07, 6.45) is 0.728. The Labute approximate surface area is 170 Å². The molecule has 0 bridgehead atoms. The van der Waals surface area contributed by atoms with Gasteiger partial charge >= 0.3 is 0 Å². The second-order valence-corrected chi connectivity index (χ2v) is 7.35. The molecule has 7 nitrogen and oxygen atoms in total. The largest absolute Gasteiger partial charge is 0.372 e. The summed E-state index contributed by atoms with van der Waals surface area (Å²) in [7, 11) is 0. The predicted octanol–water partition coefficient (Wildman–Crippen LogP) is 1.63. The van der Waals surface area contributed by atoms with Crippen LogP contribution in [0.15, 0.2) is 36.4 Å². The monoisotopic (exact) mass is 415 g/mol. The highest BCUT2D eigenvalue weighted by Crippen LogP contribution is 2.32. The molecule has 1 atom stereocenters. The van der Waals surface area contributed by atoms with Gasteiger partial charge in [-0.25, -0.2) is 8.78 Å². The summed E-state index contributed by atoms with van der Waals surface area (Å²) in [4.78, 5) is 38.1. The zero-order chi connectivity index (χ0) is 21.5. The molecule has 4 rings (SSSR count). The highest BCUT2D eigenvalue weighted by Gasteiger charge is 2.51. The molecule has 2 aromatic rings. The minimum Gasteiger partial charge on any atom is -0.372 e. The molecule has 0 aromatic heterocycles. The first-order chi connectivity index (χ1) is 14.3. The Hall–Kier alpha value is -3.33. The number of nitrogens with zero attached hydrogens (tertiary/aromatic N) is 1. The number of carbonyl (C=O) groups excluding carboxylic acids is 3. The number of rotatable bonds is 4. The van der Waals surface area contributed by atoms with Crippen molar-refractivity contribution in [3.63, 3.8) is 0 Å². The lowest BCUT2D eigenvalue weighted by Crippen LogP contribution is -2.52. The number of hydrogen-bond acceptors (Lipinski definition) is 4. The van der Waals surface area contributed by atoms with Crippen LogP contribution >= 0.6 is 0 Å². The van der Waals surface area contributed by atoms with Crippen LogP contribution in [0, 0.1) is 11.6 Å². The van der Waals surface area contributed by atoms with Crippen LogP contribution in [0.1, 0.15) is 24.0 Å². The second kappa shape index (κ2) is 7.49. The van der Waals surface area contributed by atoms with Crippen molar-refractivity contribution in [2.75, 3.05) is 16.8 Å². The molecule has 2 heterocycles. The van der Waals surface area contributed by atoms with Gasteiger partial charge in [0.15, 0.2) is 11.6 Å². The molecule has 3 N–H and O–H groups in total. The molecule has 2 aliphatic rings. The van der Waals surface area contributed by atoms with Gasteiger partial charge in [-0.1, -0.05) is 12.1 Å². The highest BCUT2D eigenvalue weighted by molar-refractivity contribution is 6.16. The van der Waals surface area contributed by atoms with Crippen molar-refractivity contribution in [2.45, 2.75) is 31.4 Å². The first-order valence-electron chi connectivity index (χ1n) is 9.48. The maximum absolute atomic E-state index is 13.8. The van der Waals surface area contributed by atoms with Gasteiger partial charge < -0.3 is 20.6 Å². The first kappa shape index (κ1) is 20.0. The molecule has 0 radical (unpaired) electrons. The van der Waals surface area contributed by atoms with E-state index in [1.165, 1.54) is 17.0 Å². The predicted molar refractivity (Wildman–Crippen MR) is 104 cm³/mol. The molecule has 1 unspecified atom stereocenters. The van der Waals surface area contributed by atoms with Gasteiger partial charge in [0.05, 0.1) is 0 Å². The lowest BCUT2D eigenvalue weighted by Gasteiger charge is -2.24. The van der Waals surface area contributed by atoms with Gasteiger partial charge in [-0.2, -0.15) is 0 Å². The Morgan fingerprint density at radius 2 is 2.00 bits per heavy atom. The average Bonchev–Trinajstić information content (AvgIpc) is 3.04. The Morgan fingerprint density at radius 1 is 1.20 bits per heavy atom. The lowest BCUT2D eigenvalue weighted by molar-refractivity contribution is -0.149. The van der Waals surface area contributed by atoms with E-state index in [0.717, 1.165) is 11.6 Å². The van der Waals surface area contributed by atoms with Crippen LogP contribution in [0.5, 0.6) is 0 Å². The summed E-state index contributed by atoms with van der Waals surface area (Å²) in [5, 5.41) is 15.8.